The maximum Gasteiger partial charge on any atom is 0.337 e. The van der Waals surface area contributed by atoms with Crippen molar-refractivity contribution in [3.8, 4) is 11.5 Å². The Morgan fingerprint density at radius 3 is 2.19 bits per heavy atom. The Labute approximate surface area is 97.4 Å². The highest BCUT2D eigenvalue weighted by atomic mass is 35.5. The van der Waals surface area contributed by atoms with Crippen molar-refractivity contribution in [1.82, 2.24) is 0 Å². The van der Waals surface area contributed by atoms with Gasteiger partial charge in [-0.05, 0) is 29.3 Å². The molecule has 0 bridgehead atoms. The van der Waals surface area contributed by atoms with Gasteiger partial charge >= 0.3 is 5.16 Å². The Morgan fingerprint density at radius 1 is 1.31 bits per heavy atom. The van der Waals surface area contributed by atoms with Crippen LogP contribution in [-0.2, 0) is 0 Å². The van der Waals surface area contributed by atoms with E-state index in [1.165, 1.54) is 20.3 Å². The summed E-state index contributed by atoms with van der Waals surface area (Å²) < 4.78 is 10.0. The molecule has 0 unspecified atom stereocenters. The van der Waals surface area contributed by atoms with Crippen LogP contribution < -0.4 is 9.47 Å². The second-order valence-corrected chi connectivity index (χ2v) is 3.26. The molecule has 16 heavy (non-hydrogen) atoms. The summed E-state index contributed by atoms with van der Waals surface area (Å²) in [4.78, 5) is 9.68. The van der Waals surface area contributed by atoms with Gasteiger partial charge in [-0.2, -0.15) is 0 Å². The van der Waals surface area contributed by atoms with Crippen molar-refractivity contribution in [2.45, 2.75) is 0 Å². The van der Waals surface area contributed by atoms with Crippen molar-refractivity contribution in [2.75, 3.05) is 14.2 Å². The van der Waals surface area contributed by atoms with Gasteiger partial charge in [-0.15, -0.1) is 0 Å². The molecule has 0 saturated heterocycles. The van der Waals surface area contributed by atoms with Gasteiger partial charge in [-0.25, -0.2) is 0 Å². The van der Waals surface area contributed by atoms with Crippen LogP contribution in [-0.4, -0.2) is 19.1 Å². The molecule has 1 rings (SSSR count). The fourth-order valence-corrected chi connectivity index (χ4v) is 1.23. The molecular formula is C10H10ClNO4. The lowest BCUT2D eigenvalue weighted by atomic mass is 10.2. The lowest BCUT2D eigenvalue weighted by Gasteiger charge is -2.05. The number of halogens is 1. The molecule has 0 saturated carbocycles. The predicted molar refractivity (Wildman–Crippen MR) is 60.4 cm³/mol. The fourth-order valence-electron chi connectivity index (χ4n) is 1.10. The predicted octanol–water partition coefficient (Wildman–Crippen LogP) is 2.52. The zero-order chi connectivity index (χ0) is 12.1. The summed E-state index contributed by atoms with van der Waals surface area (Å²) in [7, 11) is 2.99. The van der Waals surface area contributed by atoms with Crippen LogP contribution in [0.1, 0.15) is 5.56 Å². The van der Waals surface area contributed by atoms with E-state index >= 15 is 0 Å². The number of nitrogens with zero attached hydrogens (tertiary/aromatic N) is 1. The molecule has 1 aromatic carbocycles. The molecule has 0 heterocycles. The van der Waals surface area contributed by atoms with E-state index in [1.54, 1.807) is 18.2 Å². The van der Waals surface area contributed by atoms with Gasteiger partial charge in [0.15, 0.2) is 0 Å². The summed E-state index contributed by atoms with van der Waals surface area (Å²) in [5, 5.41) is 9.89. The topological polar surface area (TPSA) is 61.6 Å². The van der Waals surface area contributed by atoms with Crippen molar-refractivity contribution < 1.29 is 14.4 Å². The van der Waals surface area contributed by atoms with E-state index in [0.29, 0.717) is 17.1 Å². The van der Waals surface area contributed by atoms with Crippen molar-refractivity contribution in [1.29, 1.82) is 0 Å². The average molecular weight is 244 g/mol. The maximum absolute atomic E-state index is 10.4. The summed E-state index contributed by atoms with van der Waals surface area (Å²) in [5.74, 6) is 1.08. The molecule has 86 valence electrons. The first-order valence-corrected chi connectivity index (χ1v) is 4.69. The number of benzene rings is 1. The van der Waals surface area contributed by atoms with Crippen molar-refractivity contribution in [3.05, 3.63) is 39.0 Å². The normalized spacial score (nSPS) is 11.1. The second kappa shape index (κ2) is 5.37. The second-order valence-electron chi connectivity index (χ2n) is 2.87. The van der Waals surface area contributed by atoms with Crippen LogP contribution in [0.15, 0.2) is 23.4 Å². The maximum atomic E-state index is 10.4. The van der Waals surface area contributed by atoms with Crippen LogP contribution in [0.5, 0.6) is 11.5 Å². The van der Waals surface area contributed by atoms with Crippen molar-refractivity contribution >= 4 is 17.7 Å². The van der Waals surface area contributed by atoms with E-state index in [1.807, 2.05) is 0 Å². The highest BCUT2D eigenvalue weighted by molar-refractivity contribution is 6.29. The molecule has 6 heteroatoms. The van der Waals surface area contributed by atoms with E-state index in [-0.39, 0.29) is 0 Å². The zero-order valence-electron chi connectivity index (χ0n) is 8.77. The Bertz CT molecular complexity index is 409. The third-order valence-corrected chi connectivity index (χ3v) is 2.08. The van der Waals surface area contributed by atoms with Gasteiger partial charge in [0, 0.05) is 12.1 Å². The quantitative estimate of drug-likeness (QED) is 0.463. The van der Waals surface area contributed by atoms with Crippen LogP contribution in [0, 0.1) is 10.1 Å². The van der Waals surface area contributed by atoms with Gasteiger partial charge in [0.05, 0.1) is 19.1 Å². The average Bonchev–Trinajstić information content (AvgIpc) is 2.28. The highest BCUT2D eigenvalue weighted by Crippen LogP contribution is 2.24. The van der Waals surface area contributed by atoms with Crippen molar-refractivity contribution in [3.63, 3.8) is 0 Å². The number of hydrogen-bond donors (Lipinski definition) is 0. The number of rotatable bonds is 4. The lowest BCUT2D eigenvalue weighted by molar-refractivity contribution is -0.410. The number of hydrogen-bond acceptors (Lipinski definition) is 4. The van der Waals surface area contributed by atoms with Gasteiger partial charge in [0.1, 0.15) is 11.5 Å². The van der Waals surface area contributed by atoms with Crippen LogP contribution in [0.2, 0.25) is 0 Å². The third kappa shape index (κ3) is 3.13. The van der Waals surface area contributed by atoms with Crippen molar-refractivity contribution in [2.24, 2.45) is 0 Å². The Hall–Kier alpha value is -1.75. The first-order chi connectivity index (χ1) is 7.56. The van der Waals surface area contributed by atoms with Gasteiger partial charge in [-0.3, -0.25) is 10.1 Å². The zero-order valence-corrected chi connectivity index (χ0v) is 9.52. The smallest absolute Gasteiger partial charge is 0.337 e. The Kier molecular flexibility index (Phi) is 4.13. The monoisotopic (exact) mass is 243 g/mol. The van der Waals surface area contributed by atoms with Crippen LogP contribution in [0.4, 0.5) is 0 Å². The summed E-state index contributed by atoms with van der Waals surface area (Å²) in [6.45, 7) is 0. The Balaban J connectivity index is 3.13. The standard InChI is InChI=1S/C10H10ClNO4/c1-15-8-3-7(4-9(6-8)16-2)5-10(11)12(13)14/h3-6H,1-2H3/b10-5+. The first-order valence-electron chi connectivity index (χ1n) is 4.31. The minimum Gasteiger partial charge on any atom is -0.497 e. The molecule has 0 N–H and O–H groups in total. The molecule has 0 spiro atoms. The minimum atomic E-state index is -0.673. The molecule has 0 fully saturated rings. The summed E-state index contributed by atoms with van der Waals surface area (Å²) in [6, 6.07) is 4.90. The number of nitro groups is 1. The molecule has 1 aromatic rings. The molecule has 5 nitrogen and oxygen atoms in total. The molecule has 0 aliphatic carbocycles. The SMILES string of the molecule is COc1cc(/C=C(\Cl)[N+](=O)[O-])cc(OC)c1. The molecule has 0 aliphatic rings. The van der Waals surface area contributed by atoms with E-state index in [0.717, 1.165) is 0 Å². The molecule has 0 amide bonds. The van der Waals surface area contributed by atoms with Gasteiger partial charge in [0.25, 0.3) is 0 Å². The minimum absolute atomic E-state index is 0.463. The number of ether oxygens (including phenoxy) is 2. The number of methoxy groups -OCH3 is 2. The fraction of sp³-hybridized carbons (Fsp3) is 0.200. The van der Waals surface area contributed by atoms with Gasteiger partial charge in [0.2, 0.25) is 0 Å². The Morgan fingerprint density at radius 2 is 1.81 bits per heavy atom. The van der Waals surface area contributed by atoms with Gasteiger partial charge in [-0.1, -0.05) is 0 Å². The first kappa shape index (κ1) is 12.3. The summed E-state index contributed by atoms with van der Waals surface area (Å²) in [5.41, 5.74) is 0.540. The summed E-state index contributed by atoms with van der Waals surface area (Å²) in [6.07, 6.45) is 1.23. The third-order valence-electron chi connectivity index (χ3n) is 1.83. The lowest BCUT2D eigenvalue weighted by Crippen LogP contribution is -1.92. The largest absolute Gasteiger partial charge is 0.497 e. The molecule has 0 radical (unpaired) electrons. The molecule has 0 atom stereocenters. The van der Waals surface area contributed by atoms with E-state index in [2.05, 4.69) is 0 Å². The molecular weight excluding hydrogens is 234 g/mol. The highest BCUT2D eigenvalue weighted by Gasteiger charge is 2.07. The van der Waals surface area contributed by atoms with E-state index < -0.39 is 10.1 Å². The van der Waals surface area contributed by atoms with Crippen LogP contribution in [0.25, 0.3) is 6.08 Å². The van der Waals surface area contributed by atoms with Crippen LogP contribution in [0.3, 0.4) is 0 Å². The summed E-state index contributed by atoms with van der Waals surface area (Å²) >= 11 is 5.42. The molecule has 0 aliphatic heterocycles. The molecule has 0 aromatic heterocycles. The van der Waals surface area contributed by atoms with E-state index in [9.17, 15) is 10.1 Å². The van der Waals surface area contributed by atoms with Crippen LogP contribution >= 0.6 is 11.6 Å². The van der Waals surface area contributed by atoms with Gasteiger partial charge < -0.3 is 9.47 Å². The van der Waals surface area contributed by atoms with E-state index in [4.69, 9.17) is 21.1 Å².